The molecule has 0 saturated carbocycles. The lowest BCUT2D eigenvalue weighted by atomic mass is 9.99. The summed E-state index contributed by atoms with van der Waals surface area (Å²) in [5.74, 6) is -0.241. The topological polar surface area (TPSA) is 87.7 Å². The molecule has 6 aromatic carbocycles. The number of rotatable bonds is 10. The minimum atomic E-state index is -1.17. The largest absolute Gasteiger partial charge is 0.480 e. The highest BCUT2D eigenvalue weighted by molar-refractivity contribution is 6.31. The van der Waals surface area contributed by atoms with Gasteiger partial charge in [-0.2, -0.15) is 0 Å². The third-order valence-corrected chi connectivity index (χ3v) is 7.69. The summed E-state index contributed by atoms with van der Waals surface area (Å²) in [5, 5.41) is 18.5. The van der Waals surface area contributed by atoms with Crippen LogP contribution in [0.5, 0.6) is 11.5 Å². The van der Waals surface area contributed by atoms with E-state index in [2.05, 4.69) is 10.6 Å². The van der Waals surface area contributed by atoms with E-state index in [0.717, 1.165) is 38.9 Å². The van der Waals surface area contributed by atoms with Crippen molar-refractivity contribution in [3.05, 3.63) is 156 Å². The molecule has 0 saturated heterocycles. The van der Waals surface area contributed by atoms with Crippen LogP contribution in [0.2, 0.25) is 5.02 Å². The summed E-state index contributed by atoms with van der Waals surface area (Å²) in [5.41, 5.74) is 4.15. The lowest BCUT2D eigenvalue weighted by molar-refractivity contribution is -0.139. The molecule has 1 atom stereocenters. The number of halogens is 1. The second-order valence-corrected chi connectivity index (χ2v) is 11.0. The quantitative estimate of drug-likeness (QED) is 0.144. The van der Waals surface area contributed by atoms with Gasteiger partial charge in [0.2, 0.25) is 0 Å². The number of ether oxygens (including phenoxy) is 1. The van der Waals surface area contributed by atoms with Crippen molar-refractivity contribution in [2.75, 3.05) is 5.32 Å². The minimum absolute atomic E-state index is 0.0934. The van der Waals surface area contributed by atoms with E-state index in [9.17, 15) is 14.7 Å². The summed E-state index contributed by atoms with van der Waals surface area (Å²) in [6, 6.07) is 42.4. The van der Waals surface area contributed by atoms with E-state index in [-0.39, 0.29) is 12.0 Å². The molecule has 0 bridgehead atoms. The number of para-hydroxylation sites is 2. The number of carbonyl (C=O) groups excluding carboxylic acids is 1. The molecule has 1 unspecified atom stereocenters. The number of aliphatic carboxylic acids is 1. The van der Waals surface area contributed by atoms with Crippen molar-refractivity contribution in [2.24, 2.45) is 0 Å². The minimum Gasteiger partial charge on any atom is -0.480 e. The van der Waals surface area contributed by atoms with Gasteiger partial charge >= 0.3 is 5.97 Å². The molecule has 3 N–H and O–H groups in total. The Morgan fingerprint density at radius 1 is 0.733 bits per heavy atom. The lowest BCUT2D eigenvalue weighted by Gasteiger charge is -2.18. The Hall–Kier alpha value is -5.59. The molecule has 6 rings (SSSR count). The molecular formula is C38H29ClN2O4. The van der Waals surface area contributed by atoms with Gasteiger partial charge in [0.05, 0.1) is 11.3 Å². The fourth-order valence-electron chi connectivity index (χ4n) is 5.19. The normalized spacial score (nSPS) is 11.5. The first-order valence-corrected chi connectivity index (χ1v) is 14.8. The van der Waals surface area contributed by atoms with Crippen molar-refractivity contribution in [2.45, 2.75) is 12.5 Å². The van der Waals surface area contributed by atoms with Crippen molar-refractivity contribution in [1.29, 1.82) is 0 Å². The standard InChI is InChI=1S/C38H29ClN2O4/c39-28-21-22-34(40-33-15-8-10-26-9-4-5-13-30(26)33)32(24-28)37(42)41-35(38(43)44)23-25-17-19-27(20-18-25)31-14-6-7-16-36(31)45-29-11-2-1-3-12-29/h1-22,24,35,40H,23H2,(H,41,42)(H,43,44). The molecule has 6 nitrogen and oxygen atoms in total. The van der Waals surface area contributed by atoms with Crippen molar-refractivity contribution in [3.63, 3.8) is 0 Å². The van der Waals surface area contributed by atoms with Crippen LogP contribution < -0.4 is 15.4 Å². The highest BCUT2D eigenvalue weighted by Gasteiger charge is 2.23. The van der Waals surface area contributed by atoms with Crippen LogP contribution in [0.3, 0.4) is 0 Å². The van der Waals surface area contributed by atoms with Gasteiger partial charge in [-0.15, -0.1) is 0 Å². The van der Waals surface area contributed by atoms with Crippen LogP contribution in [0, 0.1) is 0 Å². The number of nitrogens with one attached hydrogen (secondary N) is 2. The monoisotopic (exact) mass is 612 g/mol. The Morgan fingerprint density at radius 3 is 2.24 bits per heavy atom. The zero-order valence-corrected chi connectivity index (χ0v) is 24.9. The van der Waals surface area contributed by atoms with Crippen LogP contribution in [0.1, 0.15) is 15.9 Å². The Labute approximate surface area is 265 Å². The number of hydrogen-bond donors (Lipinski definition) is 3. The number of amides is 1. The van der Waals surface area contributed by atoms with Crippen molar-refractivity contribution < 1.29 is 19.4 Å². The number of hydrogen-bond acceptors (Lipinski definition) is 4. The number of carboxylic acids is 1. The molecule has 0 aromatic heterocycles. The van der Waals surface area contributed by atoms with E-state index in [0.29, 0.717) is 16.5 Å². The highest BCUT2D eigenvalue weighted by atomic mass is 35.5. The number of anilines is 2. The first-order chi connectivity index (χ1) is 21.9. The van der Waals surface area contributed by atoms with Crippen LogP contribution in [0.4, 0.5) is 11.4 Å². The van der Waals surface area contributed by atoms with E-state index in [1.807, 2.05) is 121 Å². The van der Waals surface area contributed by atoms with Gasteiger partial charge < -0.3 is 20.5 Å². The summed E-state index contributed by atoms with van der Waals surface area (Å²) in [4.78, 5) is 25.8. The van der Waals surface area contributed by atoms with Crippen LogP contribution in [-0.4, -0.2) is 23.0 Å². The van der Waals surface area contributed by atoms with E-state index in [4.69, 9.17) is 16.3 Å². The molecule has 222 valence electrons. The van der Waals surface area contributed by atoms with Crippen LogP contribution in [0.15, 0.2) is 140 Å². The van der Waals surface area contributed by atoms with E-state index < -0.39 is 17.9 Å². The van der Waals surface area contributed by atoms with Gasteiger partial charge in [0.1, 0.15) is 17.5 Å². The lowest BCUT2D eigenvalue weighted by Crippen LogP contribution is -2.42. The molecule has 0 aliphatic heterocycles. The van der Waals surface area contributed by atoms with Crippen molar-refractivity contribution in [1.82, 2.24) is 5.32 Å². The Morgan fingerprint density at radius 2 is 1.44 bits per heavy atom. The first kappa shape index (κ1) is 29.5. The fraction of sp³-hybridized carbons (Fsp3) is 0.0526. The number of carboxylic acid groups (broad SMARTS) is 1. The van der Waals surface area contributed by atoms with Crippen LogP contribution >= 0.6 is 11.6 Å². The Bertz CT molecular complexity index is 1970. The van der Waals surface area contributed by atoms with Gasteiger partial charge in [-0.1, -0.05) is 109 Å². The van der Waals surface area contributed by atoms with E-state index in [1.165, 1.54) is 6.07 Å². The molecular weight excluding hydrogens is 584 g/mol. The maximum absolute atomic E-state index is 13.5. The molecule has 45 heavy (non-hydrogen) atoms. The Balaban J connectivity index is 1.19. The second kappa shape index (κ2) is 13.4. The maximum atomic E-state index is 13.5. The van der Waals surface area contributed by atoms with Gasteiger partial charge in [-0.3, -0.25) is 4.79 Å². The third-order valence-electron chi connectivity index (χ3n) is 7.45. The molecule has 0 radical (unpaired) electrons. The van der Waals surface area contributed by atoms with Crippen molar-refractivity contribution in [3.8, 4) is 22.6 Å². The molecule has 0 aliphatic carbocycles. The van der Waals surface area contributed by atoms with E-state index in [1.54, 1.807) is 12.1 Å². The first-order valence-electron chi connectivity index (χ1n) is 14.4. The van der Waals surface area contributed by atoms with Gasteiger partial charge in [0, 0.05) is 28.1 Å². The average molecular weight is 613 g/mol. The predicted molar refractivity (Wildman–Crippen MR) is 180 cm³/mol. The third kappa shape index (κ3) is 6.98. The van der Waals surface area contributed by atoms with Crippen molar-refractivity contribution >= 4 is 45.6 Å². The summed E-state index contributed by atoms with van der Waals surface area (Å²) in [6.07, 6.45) is 0.0934. The summed E-state index contributed by atoms with van der Waals surface area (Å²) >= 11 is 6.28. The molecule has 6 aromatic rings. The molecule has 0 aliphatic rings. The van der Waals surface area contributed by atoms with Gasteiger partial charge in [-0.05, 0) is 59.0 Å². The molecule has 0 spiro atoms. The van der Waals surface area contributed by atoms with Crippen LogP contribution in [0.25, 0.3) is 21.9 Å². The van der Waals surface area contributed by atoms with Gasteiger partial charge in [0.15, 0.2) is 0 Å². The van der Waals surface area contributed by atoms with Gasteiger partial charge in [0.25, 0.3) is 5.91 Å². The van der Waals surface area contributed by atoms with E-state index >= 15 is 0 Å². The molecule has 1 amide bonds. The second-order valence-electron chi connectivity index (χ2n) is 10.5. The maximum Gasteiger partial charge on any atom is 0.326 e. The molecule has 0 fully saturated rings. The zero-order chi connectivity index (χ0) is 31.2. The molecule has 7 heteroatoms. The smallest absolute Gasteiger partial charge is 0.326 e. The van der Waals surface area contributed by atoms with Crippen LogP contribution in [-0.2, 0) is 11.2 Å². The predicted octanol–water partition coefficient (Wildman–Crippen LogP) is 9.12. The molecule has 0 heterocycles. The number of benzene rings is 6. The number of carbonyl (C=O) groups is 2. The fourth-order valence-corrected chi connectivity index (χ4v) is 5.37. The summed E-state index contributed by atoms with van der Waals surface area (Å²) < 4.78 is 6.11. The summed E-state index contributed by atoms with van der Waals surface area (Å²) in [7, 11) is 0. The Kier molecular flexibility index (Phi) is 8.76. The average Bonchev–Trinajstić information content (AvgIpc) is 3.06. The highest BCUT2D eigenvalue weighted by Crippen LogP contribution is 2.34. The summed E-state index contributed by atoms with van der Waals surface area (Å²) in [6.45, 7) is 0. The van der Waals surface area contributed by atoms with Gasteiger partial charge in [-0.25, -0.2) is 4.79 Å². The SMILES string of the molecule is O=C(NC(Cc1ccc(-c2ccccc2Oc2ccccc2)cc1)C(=O)O)c1cc(Cl)ccc1Nc1cccc2ccccc12. The zero-order valence-electron chi connectivity index (χ0n) is 24.1. The number of fused-ring (bicyclic) bond motifs is 1.